The van der Waals surface area contributed by atoms with E-state index in [2.05, 4.69) is 27.6 Å². The number of H-pyrrole nitrogens is 1. The van der Waals surface area contributed by atoms with Crippen LogP contribution in [-0.4, -0.2) is 22.3 Å². The molecule has 1 aliphatic rings. The molecule has 0 amide bonds. The van der Waals surface area contributed by atoms with Crippen molar-refractivity contribution in [2.45, 2.75) is 13.2 Å². The molecule has 0 bridgehead atoms. The largest absolute Gasteiger partial charge is 0.496 e. The van der Waals surface area contributed by atoms with Gasteiger partial charge in [0.1, 0.15) is 11.3 Å². The summed E-state index contributed by atoms with van der Waals surface area (Å²) in [5.74, 6) is 1.53. The third kappa shape index (κ3) is 2.22. The molecular weight excluding hydrogens is 316 g/mol. The number of aromatic nitrogens is 3. The lowest BCUT2D eigenvalue weighted by Gasteiger charge is -2.11. The number of ether oxygens (including phenoxy) is 2. The standard InChI is InChI=1S/C19H16N4O2/c1-24-16-4-2-3-15-17(16)14-8-20-23-18(14)19(22-15)21-13-6-5-11-9-25-10-12(11)7-13/h2-8H,9-10H2,1H3,(H,20,23)(H,21,22). The Hall–Kier alpha value is -3.12. The van der Waals surface area contributed by atoms with Crippen molar-refractivity contribution in [3.05, 3.63) is 53.7 Å². The second-order valence-corrected chi connectivity index (χ2v) is 6.07. The summed E-state index contributed by atoms with van der Waals surface area (Å²) in [4.78, 5) is 4.78. The molecule has 0 fully saturated rings. The molecule has 0 radical (unpaired) electrons. The molecule has 25 heavy (non-hydrogen) atoms. The predicted octanol–water partition coefficient (Wildman–Crippen LogP) is 3.89. The number of pyridine rings is 1. The van der Waals surface area contributed by atoms with Crippen LogP contribution in [0.25, 0.3) is 21.8 Å². The van der Waals surface area contributed by atoms with E-state index in [9.17, 15) is 0 Å². The van der Waals surface area contributed by atoms with E-state index in [-0.39, 0.29) is 0 Å². The van der Waals surface area contributed by atoms with Gasteiger partial charge in [0, 0.05) is 11.1 Å². The van der Waals surface area contributed by atoms with Crippen molar-refractivity contribution in [1.29, 1.82) is 0 Å². The van der Waals surface area contributed by atoms with Gasteiger partial charge in [0.15, 0.2) is 5.82 Å². The zero-order chi connectivity index (χ0) is 16.8. The smallest absolute Gasteiger partial charge is 0.157 e. The summed E-state index contributed by atoms with van der Waals surface area (Å²) in [6.07, 6.45) is 1.81. The molecule has 5 rings (SSSR count). The van der Waals surface area contributed by atoms with E-state index < -0.39 is 0 Å². The number of benzene rings is 2. The van der Waals surface area contributed by atoms with Crippen molar-refractivity contribution in [3.8, 4) is 5.75 Å². The summed E-state index contributed by atoms with van der Waals surface area (Å²) >= 11 is 0. The van der Waals surface area contributed by atoms with Crippen LogP contribution >= 0.6 is 0 Å². The highest BCUT2D eigenvalue weighted by Gasteiger charge is 2.15. The lowest BCUT2D eigenvalue weighted by atomic mass is 10.1. The highest BCUT2D eigenvalue weighted by atomic mass is 16.5. The zero-order valence-corrected chi connectivity index (χ0v) is 13.7. The minimum atomic E-state index is 0.659. The third-order valence-electron chi connectivity index (χ3n) is 4.59. The molecule has 0 spiro atoms. The predicted molar refractivity (Wildman–Crippen MR) is 96.2 cm³/mol. The summed E-state index contributed by atoms with van der Waals surface area (Å²) in [6, 6.07) is 12.1. The minimum absolute atomic E-state index is 0.659. The van der Waals surface area contributed by atoms with Crippen LogP contribution in [0.15, 0.2) is 42.6 Å². The Kier molecular flexibility index (Phi) is 3.11. The number of methoxy groups -OCH3 is 1. The van der Waals surface area contributed by atoms with Crippen LogP contribution in [0.5, 0.6) is 5.75 Å². The van der Waals surface area contributed by atoms with Crippen molar-refractivity contribution >= 4 is 33.3 Å². The quantitative estimate of drug-likeness (QED) is 0.595. The van der Waals surface area contributed by atoms with E-state index in [1.165, 1.54) is 11.1 Å². The molecule has 1 aliphatic heterocycles. The van der Waals surface area contributed by atoms with E-state index in [4.69, 9.17) is 14.5 Å². The Bertz CT molecular complexity index is 1100. The number of hydrogen-bond acceptors (Lipinski definition) is 5. The Morgan fingerprint density at radius 1 is 1.16 bits per heavy atom. The maximum Gasteiger partial charge on any atom is 0.157 e. The van der Waals surface area contributed by atoms with Crippen molar-refractivity contribution in [2.75, 3.05) is 12.4 Å². The average Bonchev–Trinajstić information content (AvgIpc) is 3.30. The summed E-state index contributed by atoms with van der Waals surface area (Å²) < 4.78 is 11.0. The molecule has 6 heteroatoms. The van der Waals surface area contributed by atoms with E-state index in [0.717, 1.165) is 39.1 Å². The van der Waals surface area contributed by atoms with E-state index >= 15 is 0 Å². The van der Waals surface area contributed by atoms with Gasteiger partial charge in [-0.15, -0.1) is 0 Å². The van der Waals surface area contributed by atoms with E-state index in [1.54, 1.807) is 7.11 Å². The molecule has 3 heterocycles. The van der Waals surface area contributed by atoms with Crippen LogP contribution in [0, 0.1) is 0 Å². The topological polar surface area (TPSA) is 72.1 Å². The molecule has 0 aliphatic carbocycles. The molecule has 0 atom stereocenters. The lowest BCUT2D eigenvalue weighted by Crippen LogP contribution is -1.98. The second kappa shape index (κ2) is 5.46. The monoisotopic (exact) mass is 332 g/mol. The van der Waals surface area contributed by atoms with Crippen molar-refractivity contribution in [2.24, 2.45) is 0 Å². The van der Waals surface area contributed by atoms with Crippen LogP contribution in [0.3, 0.4) is 0 Å². The SMILES string of the molecule is COc1cccc2nc(Nc3ccc4c(c3)COC4)c3[nH]ncc3c12. The van der Waals surface area contributed by atoms with Gasteiger partial charge in [0.25, 0.3) is 0 Å². The Labute approximate surface area is 143 Å². The van der Waals surface area contributed by atoms with Gasteiger partial charge < -0.3 is 14.8 Å². The first-order chi connectivity index (χ1) is 12.3. The molecular formula is C19H16N4O2. The number of nitrogens with one attached hydrogen (secondary N) is 2. The van der Waals surface area contributed by atoms with Crippen LogP contribution in [-0.2, 0) is 18.0 Å². The van der Waals surface area contributed by atoms with Crippen LogP contribution in [0.1, 0.15) is 11.1 Å². The van der Waals surface area contributed by atoms with Gasteiger partial charge in [0.05, 0.1) is 37.4 Å². The normalized spacial score (nSPS) is 13.3. The maximum atomic E-state index is 5.50. The van der Waals surface area contributed by atoms with Crippen LogP contribution < -0.4 is 10.1 Å². The first kappa shape index (κ1) is 14.2. The van der Waals surface area contributed by atoms with Crippen molar-refractivity contribution < 1.29 is 9.47 Å². The molecule has 0 unspecified atom stereocenters. The Morgan fingerprint density at radius 3 is 3.00 bits per heavy atom. The fraction of sp³-hybridized carbons (Fsp3) is 0.158. The minimum Gasteiger partial charge on any atom is -0.496 e. The zero-order valence-electron chi connectivity index (χ0n) is 13.7. The number of aromatic amines is 1. The van der Waals surface area contributed by atoms with Crippen LogP contribution in [0.2, 0.25) is 0 Å². The molecule has 2 N–H and O–H groups in total. The van der Waals surface area contributed by atoms with Gasteiger partial charge in [0.2, 0.25) is 0 Å². The van der Waals surface area contributed by atoms with Crippen molar-refractivity contribution in [1.82, 2.24) is 15.2 Å². The lowest BCUT2D eigenvalue weighted by molar-refractivity contribution is 0.134. The molecule has 4 aromatic rings. The van der Waals surface area contributed by atoms with E-state index in [1.807, 2.05) is 30.5 Å². The van der Waals surface area contributed by atoms with Gasteiger partial charge in [-0.25, -0.2) is 4.98 Å². The number of nitrogens with zero attached hydrogens (tertiary/aromatic N) is 2. The van der Waals surface area contributed by atoms with Crippen molar-refractivity contribution in [3.63, 3.8) is 0 Å². The number of fused-ring (bicyclic) bond motifs is 4. The third-order valence-corrected chi connectivity index (χ3v) is 4.59. The average molecular weight is 332 g/mol. The number of anilines is 2. The van der Waals surface area contributed by atoms with Crippen LogP contribution in [0.4, 0.5) is 11.5 Å². The summed E-state index contributed by atoms with van der Waals surface area (Å²) in [5.41, 5.74) is 5.16. The first-order valence-corrected chi connectivity index (χ1v) is 8.10. The molecule has 6 nitrogen and oxygen atoms in total. The molecule has 2 aromatic heterocycles. The highest BCUT2D eigenvalue weighted by Crippen LogP contribution is 2.35. The Morgan fingerprint density at radius 2 is 2.08 bits per heavy atom. The van der Waals surface area contributed by atoms with Gasteiger partial charge >= 0.3 is 0 Å². The maximum absolute atomic E-state index is 5.50. The van der Waals surface area contributed by atoms with Gasteiger partial charge in [-0.05, 0) is 35.4 Å². The second-order valence-electron chi connectivity index (χ2n) is 6.07. The highest BCUT2D eigenvalue weighted by molar-refractivity contribution is 6.11. The van der Waals surface area contributed by atoms with Gasteiger partial charge in [-0.3, -0.25) is 5.10 Å². The first-order valence-electron chi connectivity index (χ1n) is 8.10. The van der Waals surface area contributed by atoms with E-state index in [0.29, 0.717) is 13.2 Å². The molecule has 0 saturated carbocycles. The summed E-state index contributed by atoms with van der Waals surface area (Å²) in [7, 11) is 1.67. The number of rotatable bonds is 3. The molecule has 124 valence electrons. The Balaban J connectivity index is 1.67. The summed E-state index contributed by atoms with van der Waals surface area (Å²) in [5, 5.41) is 12.6. The van der Waals surface area contributed by atoms with Gasteiger partial charge in [-0.2, -0.15) is 5.10 Å². The van der Waals surface area contributed by atoms with Gasteiger partial charge in [-0.1, -0.05) is 12.1 Å². The summed E-state index contributed by atoms with van der Waals surface area (Å²) in [6.45, 7) is 1.35. The molecule has 2 aromatic carbocycles. The fourth-order valence-electron chi connectivity index (χ4n) is 3.36. The molecule has 0 saturated heterocycles. The fourth-order valence-corrected chi connectivity index (χ4v) is 3.36. The number of hydrogen-bond donors (Lipinski definition) is 2.